The minimum absolute atomic E-state index is 0. The van der Waals surface area contributed by atoms with Gasteiger partial charge in [-0.25, -0.2) is 0 Å². The van der Waals surface area contributed by atoms with Gasteiger partial charge in [-0.15, -0.1) is 12.4 Å². The van der Waals surface area contributed by atoms with Crippen LogP contribution >= 0.6 is 12.4 Å². The molecule has 2 N–H and O–H groups in total. The number of hydrogen-bond acceptors (Lipinski definition) is 4. The van der Waals surface area contributed by atoms with Crippen LogP contribution in [0.3, 0.4) is 0 Å². The van der Waals surface area contributed by atoms with Gasteiger partial charge in [0.1, 0.15) is 5.76 Å². The number of rotatable bonds is 3. The smallest absolute Gasteiger partial charge is 0.227 e. The summed E-state index contributed by atoms with van der Waals surface area (Å²) in [6.07, 6.45) is 2.57. The highest BCUT2D eigenvalue weighted by Crippen LogP contribution is 2.18. The number of hydrogen-bond donors (Lipinski definition) is 1. The van der Waals surface area contributed by atoms with Crippen molar-refractivity contribution in [1.82, 2.24) is 10.1 Å². The van der Waals surface area contributed by atoms with Gasteiger partial charge in [-0.1, -0.05) is 5.16 Å². The molecule has 6 heteroatoms. The number of aromatic nitrogens is 1. The molecule has 5 nitrogen and oxygen atoms in total. The number of aryl methyl sites for hydroxylation is 2. The third-order valence-electron chi connectivity index (χ3n) is 3.71. The van der Waals surface area contributed by atoms with Crippen molar-refractivity contribution >= 4 is 18.3 Å². The van der Waals surface area contributed by atoms with Gasteiger partial charge in [-0.3, -0.25) is 4.79 Å². The molecule has 0 saturated carbocycles. The molecule has 0 bridgehead atoms. The van der Waals surface area contributed by atoms with E-state index in [-0.39, 0.29) is 18.3 Å². The van der Waals surface area contributed by atoms with Gasteiger partial charge in [0.05, 0.1) is 12.1 Å². The Hall–Kier alpha value is -1.07. The lowest BCUT2D eigenvalue weighted by atomic mass is 9.97. The third kappa shape index (κ3) is 3.70. The normalized spacial score (nSPS) is 19.1. The summed E-state index contributed by atoms with van der Waals surface area (Å²) in [5.74, 6) is 1.35. The van der Waals surface area contributed by atoms with E-state index in [4.69, 9.17) is 10.3 Å². The number of carbonyl (C=O) groups is 1. The van der Waals surface area contributed by atoms with Crippen molar-refractivity contribution in [2.75, 3.05) is 19.6 Å². The van der Waals surface area contributed by atoms with E-state index in [0.717, 1.165) is 42.9 Å². The standard InChI is InChI=1S/C13H21N3O2.ClH/c1-9-12(10(2)18-15-9)6-13(17)16-5-3-4-11(7-14)8-16;/h11H,3-8,14H2,1-2H3;1H. The molecule has 1 aliphatic rings. The van der Waals surface area contributed by atoms with Gasteiger partial charge in [0.25, 0.3) is 0 Å². The molecule has 1 aromatic rings. The van der Waals surface area contributed by atoms with Crippen LogP contribution in [0.15, 0.2) is 4.52 Å². The summed E-state index contributed by atoms with van der Waals surface area (Å²) in [6.45, 7) is 6.02. The van der Waals surface area contributed by atoms with Crippen molar-refractivity contribution in [3.63, 3.8) is 0 Å². The Morgan fingerprint density at radius 2 is 2.26 bits per heavy atom. The summed E-state index contributed by atoms with van der Waals surface area (Å²) in [4.78, 5) is 14.2. The number of piperidine rings is 1. The summed E-state index contributed by atoms with van der Waals surface area (Å²) >= 11 is 0. The third-order valence-corrected chi connectivity index (χ3v) is 3.71. The second-order valence-electron chi connectivity index (χ2n) is 5.06. The molecule has 1 saturated heterocycles. The van der Waals surface area contributed by atoms with Crippen molar-refractivity contribution in [1.29, 1.82) is 0 Å². The Kier molecular flexibility index (Phi) is 5.82. The maximum atomic E-state index is 12.2. The number of nitrogens with zero attached hydrogens (tertiary/aromatic N) is 2. The largest absolute Gasteiger partial charge is 0.361 e. The highest BCUT2D eigenvalue weighted by Gasteiger charge is 2.24. The molecule has 0 spiro atoms. The van der Waals surface area contributed by atoms with Gasteiger partial charge >= 0.3 is 0 Å². The molecule has 0 aromatic carbocycles. The van der Waals surface area contributed by atoms with Crippen molar-refractivity contribution in [3.05, 3.63) is 17.0 Å². The molecule has 1 aliphatic heterocycles. The van der Waals surface area contributed by atoms with Crippen molar-refractivity contribution in [3.8, 4) is 0 Å². The maximum absolute atomic E-state index is 12.2. The second kappa shape index (κ2) is 6.91. The fourth-order valence-electron chi connectivity index (χ4n) is 2.50. The van der Waals surface area contributed by atoms with Crippen LogP contribution in [0.2, 0.25) is 0 Å². The molecule has 1 atom stereocenters. The Bertz CT molecular complexity index is 414. The first-order valence-electron chi connectivity index (χ1n) is 6.51. The van der Waals surface area contributed by atoms with Gasteiger partial charge < -0.3 is 15.2 Å². The highest BCUT2D eigenvalue weighted by atomic mass is 35.5. The zero-order valence-electron chi connectivity index (χ0n) is 11.5. The van der Waals surface area contributed by atoms with Crippen LogP contribution in [-0.4, -0.2) is 35.6 Å². The predicted octanol–water partition coefficient (Wildman–Crippen LogP) is 1.45. The van der Waals surface area contributed by atoms with Gasteiger partial charge in [0.2, 0.25) is 5.91 Å². The SMILES string of the molecule is Cc1noc(C)c1CC(=O)N1CCCC(CN)C1.Cl. The highest BCUT2D eigenvalue weighted by molar-refractivity contribution is 5.85. The molecule has 2 heterocycles. The van der Waals surface area contributed by atoms with Crippen molar-refractivity contribution in [2.45, 2.75) is 33.1 Å². The molecule has 1 amide bonds. The molecule has 0 aliphatic carbocycles. The summed E-state index contributed by atoms with van der Waals surface area (Å²) in [7, 11) is 0. The van der Waals surface area contributed by atoms with Gasteiger partial charge in [-0.2, -0.15) is 0 Å². The van der Waals surface area contributed by atoms with E-state index >= 15 is 0 Å². The first-order chi connectivity index (χ1) is 8.61. The summed E-state index contributed by atoms with van der Waals surface area (Å²) in [6, 6.07) is 0. The van der Waals surface area contributed by atoms with E-state index in [1.807, 2.05) is 18.7 Å². The maximum Gasteiger partial charge on any atom is 0.227 e. The number of likely N-dealkylation sites (tertiary alicyclic amines) is 1. The van der Waals surface area contributed by atoms with Gasteiger partial charge in [-0.05, 0) is 39.2 Å². The first-order valence-corrected chi connectivity index (χ1v) is 6.51. The number of amides is 1. The molecular formula is C13H22ClN3O2. The molecule has 1 aromatic heterocycles. The zero-order chi connectivity index (χ0) is 13.1. The van der Waals surface area contributed by atoms with E-state index < -0.39 is 0 Å². The molecule has 108 valence electrons. The molecule has 0 radical (unpaired) electrons. The Morgan fingerprint density at radius 3 is 2.84 bits per heavy atom. The fraction of sp³-hybridized carbons (Fsp3) is 0.692. The fourth-order valence-corrected chi connectivity index (χ4v) is 2.50. The zero-order valence-corrected chi connectivity index (χ0v) is 12.3. The average Bonchev–Trinajstić information content (AvgIpc) is 2.70. The molecule has 1 fully saturated rings. The topological polar surface area (TPSA) is 72.4 Å². The molecule has 1 unspecified atom stereocenters. The predicted molar refractivity (Wildman–Crippen MR) is 75.3 cm³/mol. The average molecular weight is 288 g/mol. The molecule has 19 heavy (non-hydrogen) atoms. The monoisotopic (exact) mass is 287 g/mol. The Balaban J connectivity index is 0.00000180. The Morgan fingerprint density at radius 1 is 1.53 bits per heavy atom. The summed E-state index contributed by atoms with van der Waals surface area (Å²) in [5.41, 5.74) is 7.43. The van der Waals surface area contributed by atoms with Crippen LogP contribution in [0.4, 0.5) is 0 Å². The van der Waals surface area contributed by atoms with Crippen LogP contribution in [0.1, 0.15) is 29.9 Å². The lowest BCUT2D eigenvalue weighted by Crippen LogP contribution is -2.42. The minimum Gasteiger partial charge on any atom is -0.361 e. The summed E-state index contributed by atoms with van der Waals surface area (Å²) in [5, 5.41) is 3.88. The molecule has 2 rings (SSSR count). The lowest BCUT2D eigenvalue weighted by molar-refractivity contribution is -0.132. The van der Waals surface area contributed by atoms with E-state index in [1.165, 1.54) is 0 Å². The van der Waals surface area contributed by atoms with Crippen molar-refractivity contribution < 1.29 is 9.32 Å². The van der Waals surface area contributed by atoms with Crippen LogP contribution in [0.5, 0.6) is 0 Å². The van der Waals surface area contributed by atoms with Crippen LogP contribution in [0, 0.1) is 19.8 Å². The van der Waals surface area contributed by atoms with Gasteiger partial charge in [0, 0.05) is 18.7 Å². The van der Waals surface area contributed by atoms with Crippen LogP contribution < -0.4 is 5.73 Å². The Labute approximate surface area is 119 Å². The van der Waals surface area contributed by atoms with Crippen LogP contribution in [-0.2, 0) is 11.2 Å². The molecular weight excluding hydrogens is 266 g/mol. The lowest BCUT2D eigenvalue weighted by Gasteiger charge is -2.32. The van der Waals surface area contributed by atoms with Crippen LogP contribution in [0.25, 0.3) is 0 Å². The van der Waals surface area contributed by atoms with E-state index in [0.29, 0.717) is 18.9 Å². The quantitative estimate of drug-likeness (QED) is 0.913. The number of carbonyl (C=O) groups excluding carboxylic acids is 1. The van der Waals surface area contributed by atoms with Crippen molar-refractivity contribution in [2.24, 2.45) is 11.7 Å². The second-order valence-corrected chi connectivity index (χ2v) is 5.06. The van der Waals surface area contributed by atoms with E-state index in [1.54, 1.807) is 0 Å². The minimum atomic E-state index is 0. The van der Waals surface area contributed by atoms with Gasteiger partial charge in [0.15, 0.2) is 0 Å². The number of nitrogens with two attached hydrogens (primary N) is 1. The number of halogens is 1. The van der Waals surface area contributed by atoms with E-state index in [2.05, 4.69) is 5.16 Å². The first kappa shape index (κ1) is 16.0. The van der Waals surface area contributed by atoms with E-state index in [9.17, 15) is 4.79 Å². The summed E-state index contributed by atoms with van der Waals surface area (Å²) < 4.78 is 5.09.